The van der Waals surface area contributed by atoms with Crippen molar-refractivity contribution in [3.8, 4) is 0 Å². The summed E-state index contributed by atoms with van der Waals surface area (Å²) in [6, 6.07) is 0. The van der Waals surface area contributed by atoms with Crippen LogP contribution >= 0.6 is 0 Å². The molecule has 0 aliphatic heterocycles. The lowest BCUT2D eigenvalue weighted by Crippen LogP contribution is -2.38. The molecular weight excluding hydrogens is 188 g/mol. The Hall–Kier alpha value is -0.570. The summed E-state index contributed by atoms with van der Waals surface area (Å²) in [5.74, 6) is 0.898. The lowest BCUT2D eigenvalue weighted by atomic mass is 9.90. The van der Waals surface area contributed by atoms with Crippen LogP contribution in [0.15, 0.2) is 0 Å². The van der Waals surface area contributed by atoms with Crippen molar-refractivity contribution in [3.63, 3.8) is 0 Å². The van der Waals surface area contributed by atoms with Crippen molar-refractivity contribution in [2.75, 3.05) is 19.6 Å². The second-order valence-corrected chi connectivity index (χ2v) is 5.37. The largest absolute Gasteiger partial charge is 0.355 e. The van der Waals surface area contributed by atoms with Gasteiger partial charge in [0.2, 0.25) is 5.91 Å². The first-order valence-electron chi connectivity index (χ1n) is 6.01. The summed E-state index contributed by atoms with van der Waals surface area (Å²) < 4.78 is 0. The van der Waals surface area contributed by atoms with Gasteiger partial charge in [-0.3, -0.25) is 4.79 Å². The van der Waals surface area contributed by atoms with Gasteiger partial charge in [0.25, 0.3) is 0 Å². The predicted molar refractivity (Wildman–Crippen MR) is 62.7 cm³/mol. The van der Waals surface area contributed by atoms with E-state index in [9.17, 15) is 4.79 Å². The topological polar surface area (TPSA) is 41.1 Å². The van der Waals surface area contributed by atoms with Gasteiger partial charge in [0.05, 0.1) is 6.54 Å². The molecule has 3 heteroatoms. The second-order valence-electron chi connectivity index (χ2n) is 5.37. The Morgan fingerprint density at radius 3 is 2.60 bits per heavy atom. The van der Waals surface area contributed by atoms with E-state index in [0.29, 0.717) is 6.54 Å². The maximum atomic E-state index is 11.4. The van der Waals surface area contributed by atoms with Gasteiger partial charge in [-0.25, -0.2) is 0 Å². The van der Waals surface area contributed by atoms with E-state index in [4.69, 9.17) is 0 Å². The van der Waals surface area contributed by atoms with Gasteiger partial charge < -0.3 is 10.6 Å². The molecule has 0 heterocycles. The number of hydrogen-bond donors (Lipinski definition) is 2. The molecule has 3 nitrogen and oxygen atoms in total. The number of carbonyl (C=O) groups is 1. The molecule has 0 spiro atoms. The van der Waals surface area contributed by atoms with Gasteiger partial charge in [-0.2, -0.15) is 0 Å². The van der Waals surface area contributed by atoms with E-state index in [-0.39, 0.29) is 11.3 Å². The molecule has 88 valence electrons. The molecule has 1 rings (SSSR count). The van der Waals surface area contributed by atoms with Crippen molar-refractivity contribution in [1.82, 2.24) is 10.6 Å². The molecule has 1 aliphatic rings. The van der Waals surface area contributed by atoms with Crippen LogP contribution in [0.25, 0.3) is 0 Å². The van der Waals surface area contributed by atoms with Gasteiger partial charge in [0, 0.05) is 13.1 Å². The molecule has 2 N–H and O–H groups in total. The fourth-order valence-corrected chi connectivity index (χ4v) is 1.28. The number of nitrogens with one attached hydrogen (secondary N) is 2. The van der Waals surface area contributed by atoms with Crippen LogP contribution < -0.4 is 10.6 Å². The SMILES string of the molecule is CCC(C)(C)CNCC(=O)NCC1CC1. The molecule has 15 heavy (non-hydrogen) atoms. The third-order valence-electron chi connectivity index (χ3n) is 3.13. The number of carbonyl (C=O) groups excluding carboxylic acids is 1. The van der Waals surface area contributed by atoms with Crippen molar-refractivity contribution in [1.29, 1.82) is 0 Å². The zero-order valence-corrected chi connectivity index (χ0v) is 10.2. The summed E-state index contributed by atoms with van der Waals surface area (Å²) in [4.78, 5) is 11.4. The molecule has 0 unspecified atom stereocenters. The Morgan fingerprint density at radius 2 is 2.07 bits per heavy atom. The molecule has 1 saturated carbocycles. The summed E-state index contributed by atoms with van der Waals surface area (Å²) in [6.07, 6.45) is 3.71. The smallest absolute Gasteiger partial charge is 0.233 e. The molecule has 0 aromatic carbocycles. The maximum absolute atomic E-state index is 11.4. The molecule has 1 amide bonds. The van der Waals surface area contributed by atoms with E-state index in [1.165, 1.54) is 12.8 Å². The van der Waals surface area contributed by atoms with Crippen molar-refractivity contribution in [2.45, 2.75) is 40.0 Å². The fourth-order valence-electron chi connectivity index (χ4n) is 1.28. The van der Waals surface area contributed by atoms with Crippen molar-refractivity contribution in [2.24, 2.45) is 11.3 Å². The van der Waals surface area contributed by atoms with Crippen LogP contribution in [0.2, 0.25) is 0 Å². The first-order chi connectivity index (χ1) is 7.03. The van der Waals surface area contributed by atoms with Gasteiger partial charge in [0.15, 0.2) is 0 Å². The van der Waals surface area contributed by atoms with Crippen LogP contribution in [0.1, 0.15) is 40.0 Å². The van der Waals surface area contributed by atoms with Crippen molar-refractivity contribution in [3.05, 3.63) is 0 Å². The average Bonchev–Trinajstić information content (AvgIpc) is 2.98. The third-order valence-corrected chi connectivity index (χ3v) is 3.13. The monoisotopic (exact) mass is 212 g/mol. The third kappa shape index (κ3) is 5.78. The average molecular weight is 212 g/mol. The molecule has 0 aromatic rings. The number of amides is 1. The Bertz CT molecular complexity index is 210. The highest BCUT2D eigenvalue weighted by molar-refractivity contribution is 5.77. The lowest BCUT2D eigenvalue weighted by Gasteiger charge is -2.22. The fraction of sp³-hybridized carbons (Fsp3) is 0.917. The summed E-state index contributed by atoms with van der Waals surface area (Å²) in [7, 11) is 0. The molecule has 0 atom stereocenters. The van der Waals surface area contributed by atoms with Gasteiger partial charge in [-0.15, -0.1) is 0 Å². The summed E-state index contributed by atoms with van der Waals surface area (Å²) in [5.41, 5.74) is 0.288. The zero-order valence-electron chi connectivity index (χ0n) is 10.2. The molecular formula is C12H24N2O. The van der Waals surface area contributed by atoms with Gasteiger partial charge in [-0.05, 0) is 30.6 Å². The van der Waals surface area contributed by atoms with Crippen LogP contribution in [-0.2, 0) is 4.79 Å². The number of hydrogen-bond acceptors (Lipinski definition) is 2. The van der Waals surface area contributed by atoms with Crippen LogP contribution in [0, 0.1) is 11.3 Å². The maximum Gasteiger partial charge on any atom is 0.233 e. The zero-order chi connectivity index (χ0) is 11.3. The summed E-state index contributed by atoms with van der Waals surface area (Å²) in [5, 5.41) is 6.16. The minimum Gasteiger partial charge on any atom is -0.355 e. The highest BCUT2D eigenvalue weighted by atomic mass is 16.1. The molecule has 1 fully saturated rings. The Labute approximate surface area is 93.0 Å². The van der Waals surface area contributed by atoms with Crippen LogP contribution in [0.3, 0.4) is 0 Å². The van der Waals surface area contributed by atoms with Crippen molar-refractivity contribution >= 4 is 5.91 Å². The highest BCUT2D eigenvalue weighted by Gasteiger charge is 2.21. The minimum absolute atomic E-state index is 0.133. The van der Waals surface area contributed by atoms with E-state index in [1.807, 2.05) is 0 Å². The van der Waals surface area contributed by atoms with Gasteiger partial charge in [0.1, 0.15) is 0 Å². The second kappa shape index (κ2) is 5.50. The van der Waals surface area contributed by atoms with E-state index in [0.717, 1.165) is 25.4 Å². The van der Waals surface area contributed by atoms with Gasteiger partial charge >= 0.3 is 0 Å². The quantitative estimate of drug-likeness (QED) is 0.672. The standard InChI is InChI=1S/C12H24N2O/c1-4-12(2,3)9-13-8-11(15)14-7-10-5-6-10/h10,13H,4-9H2,1-3H3,(H,14,15). The summed E-state index contributed by atoms with van der Waals surface area (Å²) in [6.45, 7) is 8.83. The van der Waals surface area contributed by atoms with Crippen molar-refractivity contribution < 1.29 is 4.79 Å². The predicted octanol–water partition coefficient (Wildman–Crippen LogP) is 1.54. The highest BCUT2D eigenvalue weighted by Crippen LogP contribution is 2.27. The molecule has 0 bridgehead atoms. The van der Waals surface area contributed by atoms with Crippen LogP contribution in [0.5, 0.6) is 0 Å². The first kappa shape index (κ1) is 12.5. The lowest BCUT2D eigenvalue weighted by molar-refractivity contribution is -0.120. The van der Waals surface area contributed by atoms with Crippen LogP contribution in [-0.4, -0.2) is 25.5 Å². The van der Waals surface area contributed by atoms with E-state index in [1.54, 1.807) is 0 Å². The first-order valence-corrected chi connectivity index (χ1v) is 6.01. The minimum atomic E-state index is 0.133. The molecule has 0 radical (unpaired) electrons. The molecule has 0 saturated heterocycles. The van der Waals surface area contributed by atoms with E-state index >= 15 is 0 Å². The van der Waals surface area contributed by atoms with E-state index < -0.39 is 0 Å². The van der Waals surface area contributed by atoms with Crippen LogP contribution in [0.4, 0.5) is 0 Å². The van der Waals surface area contributed by atoms with E-state index in [2.05, 4.69) is 31.4 Å². The number of rotatable bonds is 7. The van der Waals surface area contributed by atoms with Gasteiger partial charge in [-0.1, -0.05) is 20.8 Å². The Morgan fingerprint density at radius 1 is 1.40 bits per heavy atom. The molecule has 0 aromatic heterocycles. The Balaban J connectivity index is 2.00. The summed E-state index contributed by atoms with van der Waals surface area (Å²) >= 11 is 0. The molecule has 1 aliphatic carbocycles. The normalized spacial score (nSPS) is 16.5. The Kier molecular flexibility index (Phi) is 4.58.